The van der Waals surface area contributed by atoms with Crippen LogP contribution in [0.5, 0.6) is 11.5 Å². The number of nitrogens with zero attached hydrogens (tertiary/aromatic N) is 1. The Balaban J connectivity index is 1.89. The van der Waals surface area contributed by atoms with Gasteiger partial charge in [0.25, 0.3) is 5.91 Å². The van der Waals surface area contributed by atoms with E-state index < -0.39 is 0 Å². The van der Waals surface area contributed by atoms with Gasteiger partial charge in [0, 0.05) is 5.56 Å². The number of thioether (sulfide) groups is 1. The highest BCUT2D eigenvalue weighted by molar-refractivity contribution is 8.26. The summed E-state index contributed by atoms with van der Waals surface area (Å²) in [6.07, 6.45) is 3.98. The standard InChI is InChI=1S/C21H19NO3S2/c1-3-7-16-10-15(11-17(25-2)19(16)23)12-18-20(24)22(21(26)27-18)13-14-8-5-4-6-9-14/h3-6,8-12,23H,1,7,13H2,2H3/b18-12-. The smallest absolute Gasteiger partial charge is 0.266 e. The Morgan fingerprint density at radius 2 is 2.04 bits per heavy atom. The summed E-state index contributed by atoms with van der Waals surface area (Å²) >= 11 is 6.67. The Hall–Kier alpha value is -2.57. The van der Waals surface area contributed by atoms with Gasteiger partial charge in [-0.1, -0.05) is 60.4 Å². The number of amides is 1. The van der Waals surface area contributed by atoms with E-state index >= 15 is 0 Å². The van der Waals surface area contributed by atoms with Crippen molar-refractivity contribution in [3.63, 3.8) is 0 Å². The molecule has 2 aromatic carbocycles. The molecular formula is C21H19NO3S2. The summed E-state index contributed by atoms with van der Waals surface area (Å²) in [5.41, 5.74) is 2.48. The van der Waals surface area contributed by atoms with Crippen LogP contribution in [0.2, 0.25) is 0 Å². The van der Waals surface area contributed by atoms with Crippen LogP contribution >= 0.6 is 24.0 Å². The summed E-state index contributed by atoms with van der Waals surface area (Å²) in [5.74, 6) is 0.331. The molecule has 0 saturated carbocycles. The van der Waals surface area contributed by atoms with Gasteiger partial charge in [-0.05, 0) is 35.8 Å². The molecule has 0 atom stereocenters. The summed E-state index contributed by atoms with van der Waals surface area (Å²) in [5, 5.41) is 10.2. The third-order valence-corrected chi connectivity index (χ3v) is 5.49. The van der Waals surface area contributed by atoms with Crippen LogP contribution in [0.4, 0.5) is 0 Å². The minimum Gasteiger partial charge on any atom is -0.504 e. The number of rotatable bonds is 6. The fraction of sp³-hybridized carbons (Fsp3) is 0.143. The predicted molar refractivity (Wildman–Crippen MR) is 114 cm³/mol. The minimum absolute atomic E-state index is 0.0891. The van der Waals surface area contributed by atoms with Crippen LogP contribution < -0.4 is 4.74 Å². The number of benzene rings is 2. The first-order valence-corrected chi connectivity index (χ1v) is 9.56. The molecule has 1 N–H and O–H groups in total. The summed E-state index contributed by atoms with van der Waals surface area (Å²) in [7, 11) is 1.50. The number of carbonyl (C=O) groups excluding carboxylic acids is 1. The van der Waals surface area contributed by atoms with E-state index in [2.05, 4.69) is 6.58 Å². The van der Waals surface area contributed by atoms with Gasteiger partial charge >= 0.3 is 0 Å². The maximum absolute atomic E-state index is 12.8. The number of thiocarbonyl (C=S) groups is 1. The number of aromatic hydroxyl groups is 1. The fourth-order valence-electron chi connectivity index (χ4n) is 2.79. The lowest BCUT2D eigenvalue weighted by Crippen LogP contribution is -2.27. The van der Waals surface area contributed by atoms with E-state index in [9.17, 15) is 9.90 Å². The zero-order chi connectivity index (χ0) is 19.4. The van der Waals surface area contributed by atoms with Crippen LogP contribution in [0.3, 0.4) is 0 Å². The van der Waals surface area contributed by atoms with Crippen molar-refractivity contribution in [3.05, 3.63) is 76.7 Å². The second-order valence-electron chi connectivity index (χ2n) is 5.98. The molecule has 138 valence electrons. The molecule has 6 heteroatoms. The average Bonchev–Trinajstić information content (AvgIpc) is 2.92. The van der Waals surface area contributed by atoms with Gasteiger partial charge in [0.2, 0.25) is 0 Å². The summed E-state index contributed by atoms with van der Waals surface area (Å²) < 4.78 is 5.78. The van der Waals surface area contributed by atoms with Gasteiger partial charge in [-0.3, -0.25) is 9.69 Å². The van der Waals surface area contributed by atoms with E-state index in [0.717, 1.165) is 11.1 Å². The number of phenolic OH excluding ortho intramolecular Hbond substituents is 1. The van der Waals surface area contributed by atoms with Gasteiger partial charge in [0.1, 0.15) is 4.32 Å². The Bertz CT molecular complexity index is 923. The van der Waals surface area contributed by atoms with Crippen LogP contribution in [0, 0.1) is 0 Å². The van der Waals surface area contributed by atoms with Crippen molar-refractivity contribution in [3.8, 4) is 11.5 Å². The van der Waals surface area contributed by atoms with E-state index in [1.54, 1.807) is 23.1 Å². The fourth-order valence-corrected chi connectivity index (χ4v) is 4.05. The van der Waals surface area contributed by atoms with Crippen molar-refractivity contribution >= 4 is 40.3 Å². The van der Waals surface area contributed by atoms with E-state index in [-0.39, 0.29) is 11.7 Å². The molecule has 0 radical (unpaired) electrons. The third kappa shape index (κ3) is 4.23. The van der Waals surface area contributed by atoms with Crippen LogP contribution in [-0.4, -0.2) is 27.3 Å². The molecule has 0 spiro atoms. The highest BCUT2D eigenvalue weighted by atomic mass is 32.2. The van der Waals surface area contributed by atoms with Crippen molar-refractivity contribution in [1.29, 1.82) is 0 Å². The predicted octanol–water partition coefficient (Wildman–Crippen LogP) is 4.53. The molecule has 1 amide bonds. The summed E-state index contributed by atoms with van der Waals surface area (Å²) in [6.45, 7) is 4.16. The molecule has 4 nitrogen and oxygen atoms in total. The Kier molecular flexibility index (Phi) is 5.98. The number of hydrogen-bond donors (Lipinski definition) is 1. The second kappa shape index (κ2) is 8.41. The third-order valence-electron chi connectivity index (χ3n) is 4.12. The van der Waals surface area contributed by atoms with Crippen LogP contribution in [-0.2, 0) is 17.8 Å². The van der Waals surface area contributed by atoms with Crippen molar-refractivity contribution in [2.75, 3.05) is 7.11 Å². The van der Waals surface area contributed by atoms with Gasteiger partial charge in [0.05, 0.1) is 18.6 Å². The molecule has 1 saturated heterocycles. The monoisotopic (exact) mass is 397 g/mol. The van der Waals surface area contributed by atoms with Crippen LogP contribution in [0.15, 0.2) is 60.0 Å². The first kappa shape index (κ1) is 19.2. The SMILES string of the molecule is C=CCc1cc(/C=C2\SC(=S)N(Cc3ccccc3)C2=O)cc(OC)c1O. The number of ether oxygens (including phenoxy) is 1. The molecule has 0 bridgehead atoms. The molecule has 2 aromatic rings. The number of methoxy groups -OCH3 is 1. The van der Waals surface area contributed by atoms with Crippen molar-refractivity contribution in [1.82, 2.24) is 4.90 Å². The zero-order valence-corrected chi connectivity index (χ0v) is 16.5. The molecule has 0 unspecified atom stereocenters. The van der Waals surface area contributed by atoms with Crippen LogP contribution in [0.25, 0.3) is 6.08 Å². The van der Waals surface area contributed by atoms with Crippen molar-refractivity contribution in [2.45, 2.75) is 13.0 Å². The summed E-state index contributed by atoms with van der Waals surface area (Å²) in [4.78, 5) is 15.0. The largest absolute Gasteiger partial charge is 0.504 e. The minimum atomic E-state index is -0.119. The number of carbonyl (C=O) groups is 1. The lowest BCUT2D eigenvalue weighted by Gasteiger charge is -2.14. The molecular weight excluding hydrogens is 378 g/mol. The molecule has 1 heterocycles. The van der Waals surface area contributed by atoms with E-state index in [1.165, 1.54) is 18.9 Å². The van der Waals surface area contributed by atoms with Gasteiger partial charge in [-0.2, -0.15) is 0 Å². The molecule has 3 rings (SSSR count). The Morgan fingerprint density at radius 3 is 2.70 bits per heavy atom. The van der Waals surface area contributed by atoms with Gasteiger partial charge in [-0.25, -0.2) is 0 Å². The second-order valence-corrected chi connectivity index (χ2v) is 7.65. The maximum Gasteiger partial charge on any atom is 0.266 e. The van der Waals surface area contributed by atoms with E-state index in [0.29, 0.717) is 33.5 Å². The Morgan fingerprint density at radius 1 is 1.30 bits per heavy atom. The molecule has 27 heavy (non-hydrogen) atoms. The van der Waals surface area contributed by atoms with E-state index in [4.69, 9.17) is 17.0 Å². The maximum atomic E-state index is 12.8. The summed E-state index contributed by atoms with van der Waals surface area (Å²) in [6, 6.07) is 13.3. The lowest BCUT2D eigenvalue weighted by atomic mass is 10.1. The highest BCUT2D eigenvalue weighted by Crippen LogP contribution is 2.36. The van der Waals surface area contributed by atoms with E-state index in [1.807, 2.05) is 36.4 Å². The highest BCUT2D eigenvalue weighted by Gasteiger charge is 2.32. The molecule has 1 aliphatic heterocycles. The van der Waals surface area contributed by atoms with Crippen molar-refractivity contribution in [2.24, 2.45) is 0 Å². The quantitative estimate of drug-likeness (QED) is 0.441. The number of phenols is 1. The zero-order valence-electron chi connectivity index (χ0n) is 14.8. The van der Waals surface area contributed by atoms with Crippen LogP contribution in [0.1, 0.15) is 16.7 Å². The molecule has 0 aromatic heterocycles. The molecule has 1 aliphatic rings. The molecule has 1 fully saturated rings. The first-order valence-electron chi connectivity index (χ1n) is 8.33. The van der Waals surface area contributed by atoms with Crippen molar-refractivity contribution < 1.29 is 14.6 Å². The molecule has 0 aliphatic carbocycles. The Labute approximate surface area is 168 Å². The normalized spacial score (nSPS) is 15.4. The van der Waals surface area contributed by atoms with Gasteiger partial charge in [-0.15, -0.1) is 6.58 Å². The van der Waals surface area contributed by atoms with Gasteiger partial charge < -0.3 is 9.84 Å². The average molecular weight is 398 g/mol. The number of hydrogen-bond acceptors (Lipinski definition) is 5. The first-order chi connectivity index (χ1) is 13.0. The topological polar surface area (TPSA) is 49.8 Å². The lowest BCUT2D eigenvalue weighted by molar-refractivity contribution is -0.122. The van der Waals surface area contributed by atoms with Gasteiger partial charge in [0.15, 0.2) is 11.5 Å². The number of allylic oxidation sites excluding steroid dienone is 1.